The zero-order valence-electron chi connectivity index (χ0n) is 18.0. The number of halogens is 3. The molecule has 170 valence electrons. The lowest BCUT2D eigenvalue weighted by Crippen LogP contribution is -2.18. The lowest BCUT2D eigenvalue weighted by atomic mass is 9.98. The monoisotopic (exact) mass is 446 g/mol. The summed E-state index contributed by atoms with van der Waals surface area (Å²) in [6, 6.07) is 14.7. The maximum Gasteiger partial charge on any atom is 0.417 e. The van der Waals surface area contributed by atoms with Crippen molar-refractivity contribution in [2.24, 2.45) is 5.84 Å². The van der Waals surface area contributed by atoms with Crippen LogP contribution < -0.4 is 21.3 Å². The number of aromatic nitrogens is 1. The molecule has 0 saturated carbocycles. The first-order chi connectivity index (χ1) is 15.2. The van der Waals surface area contributed by atoms with Gasteiger partial charge >= 0.3 is 6.18 Å². The minimum atomic E-state index is -4.42. The molecule has 0 bridgehead atoms. The van der Waals surface area contributed by atoms with Crippen molar-refractivity contribution in [2.75, 3.05) is 12.4 Å². The van der Waals surface area contributed by atoms with Gasteiger partial charge in [0.25, 0.3) is 0 Å². The van der Waals surface area contributed by atoms with E-state index in [1.165, 1.54) is 12.1 Å². The average Bonchev–Trinajstić information content (AvgIpc) is 2.77. The van der Waals surface area contributed by atoms with E-state index in [0.29, 0.717) is 30.2 Å². The second-order valence-electron chi connectivity index (χ2n) is 6.75. The van der Waals surface area contributed by atoms with Gasteiger partial charge in [-0.05, 0) is 43.2 Å². The van der Waals surface area contributed by atoms with Crippen molar-refractivity contribution in [3.8, 4) is 17.0 Å². The number of rotatable bonds is 6. The zero-order valence-corrected chi connectivity index (χ0v) is 18.0. The molecule has 3 aromatic rings. The third-order valence-corrected chi connectivity index (χ3v) is 4.69. The van der Waals surface area contributed by atoms with Gasteiger partial charge in [0.15, 0.2) is 0 Å². The lowest BCUT2D eigenvalue weighted by molar-refractivity contribution is -0.137. The molecule has 0 saturated heterocycles. The molecule has 4 N–H and O–H groups in total. The second-order valence-corrected chi connectivity index (χ2v) is 6.75. The van der Waals surface area contributed by atoms with Crippen LogP contribution in [0.25, 0.3) is 11.1 Å². The number of nitrogens with one attached hydrogen (secondary N) is 2. The molecule has 0 unspecified atom stereocenters. The number of nitrogens with zero attached hydrogens (tertiary/aromatic N) is 1. The predicted molar refractivity (Wildman–Crippen MR) is 118 cm³/mol. The van der Waals surface area contributed by atoms with E-state index >= 15 is 0 Å². The predicted octanol–water partition coefficient (Wildman–Crippen LogP) is 4.61. The Labute approximate surface area is 184 Å². The van der Waals surface area contributed by atoms with E-state index in [-0.39, 0.29) is 5.56 Å². The minimum absolute atomic E-state index is 0.114. The molecular weight excluding hydrogens is 421 g/mol. The number of amides is 1. The van der Waals surface area contributed by atoms with Gasteiger partial charge in [-0.25, -0.2) is 10.8 Å². The van der Waals surface area contributed by atoms with Gasteiger partial charge in [-0.1, -0.05) is 30.3 Å². The summed E-state index contributed by atoms with van der Waals surface area (Å²) in [5.74, 6) is 4.78. The number of nitrogens with two attached hydrogens (primary N) is 1. The molecule has 0 aliphatic heterocycles. The first-order valence-electron chi connectivity index (χ1n) is 9.66. The average molecular weight is 446 g/mol. The van der Waals surface area contributed by atoms with E-state index in [4.69, 9.17) is 9.53 Å². The number of hydrazine groups is 1. The van der Waals surface area contributed by atoms with Crippen LogP contribution in [0.5, 0.6) is 5.88 Å². The molecule has 0 aliphatic rings. The summed E-state index contributed by atoms with van der Waals surface area (Å²) in [7, 11) is 1.84. The number of anilines is 1. The smallest absolute Gasteiger partial charge is 0.417 e. The standard InChI is InChI=1S/C22H21F3N2O.CH4N2O/c1-14-7-6-10-20(26-3)18(14)13-28-21-12-11-16(15(2)27-21)17-8-4-5-9-19(17)22(23,24)25;2-3-1-4/h4-12,26H,13H2,1-3H3;1H,2H2,(H,3,4). The van der Waals surface area contributed by atoms with Crippen LogP contribution in [-0.2, 0) is 17.6 Å². The highest BCUT2D eigenvalue weighted by Gasteiger charge is 2.33. The molecule has 1 heterocycles. The van der Waals surface area contributed by atoms with Crippen LogP contribution in [0.4, 0.5) is 18.9 Å². The van der Waals surface area contributed by atoms with Crippen LogP contribution in [0, 0.1) is 13.8 Å². The summed E-state index contributed by atoms with van der Waals surface area (Å²) < 4.78 is 45.7. The molecule has 0 atom stereocenters. The van der Waals surface area contributed by atoms with Crippen molar-refractivity contribution in [1.82, 2.24) is 10.4 Å². The largest absolute Gasteiger partial charge is 0.473 e. The Morgan fingerprint density at radius 1 is 1.03 bits per heavy atom. The van der Waals surface area contributed by atoms with Gasteiger partial charge in [0, 0.05) is 35.6 Å². The molecule has 9 heteroatoms. The van der Waals surface area contributed by atoms with Gasteiger partial charge in [0.1, 0.15) is 6.61 Å². The van der Waals surface area contributed by atoms with Crippen molar-refractivity contribution in [1.29, 1.82) is 0 Å². The number of benzene rings is 2. The second kappa shape index (κ2) is 11.1. The minimum Gasteiger partial charge on any atom is -0.473 e. The number of hydrogen-bond donors (Lipinski definition) is 3. The van der Waals surface area contributed by atoms with Crippen LogP contribution in [0.15, 0.2) is 54.6 Å². The molecule has 3 rings (SSSR count). The highest BCUT2D eigenvalue weighted by atomic mass is 19.4. The Kier molecular flexibility index (Phi) is 8.60. The van der Waals surface area contributed by atoms with Gasteiger partial charge in [-0.2, -0.15) is 13.2 Å². The number of alkyl halides is 3. The van der Waals surface area contributed by atoms with Gasteiger partial charge in [-0.15, -0.1) is 0 Å². The summed E-state index contributed by atoms with van der Waals surface area (Å²) in [4.78, 5) is 13.3. The summed E-state index contributed by atoms with van der Waals surface area (Å²) in [6.45, 7) is 3.99. The Hall–Kier alpha value is -3.59. The summed E-state index contributed by atoms with van der Waals surface area (Å²) in [6.07, 6.45) is -4.02. The van der Waals surface area contributed by atoms with E-state index in [0.717, 1.165) is 22.9 Å². The van der Waals surface area contributed by atoms with Crippen molar-refractivity contribution < 1.29 is 22.7 Å². The van der Waals surface area contributed by atoms with Crippen LogP contribution in [0.2, 0.25) is 0 Å². The molecule has 1 amide bonds. The first-order valence-corrected chi connectivity index (χ1v) is 9.66. The quantitative estimate of drug-likeness (QED) is 0.223. The van der Waals surface area contributed by atoms with Gasteiger partial charge in [0.2, 0.25) is 12.3 Å². The van der Waals surface area contributed by atoms with E-state index in [1.807, 2.05) is 32.2 Å². The normalized spacial score (nSPS) is 10.6. The number of aryl methyl sites for hydroxylation is 2. The van der Waals surface area contributed by atoms with Crippen LogP contribution in [-0.4, -0.2) is 18.4 Å². The topological polar surface area (TPSA) is 89.3 Å². The summed E-state index contributed by atoms with van der Waals surface area (Å²) in [5.41, 5.74) is 5.16. The number of pyridine rings is 1. The first kappa shape index (κ1) is 24.7. The molecule has 6 nitrogen and oxygen atoms in total. The van der Waals surface area contributed by atoms with E-state index in [1.54, 1.807) is 30.5 Å². The maximum atomic E-state index is 13.3. The molecular formula is C23H25F3N4O2. The molecule has 32 heavy (non-hydrogen) atoms. The number of hydrogen-bond acceptors (Lipinski definition) is 5. The Balaban J connectivity index is 0.000000837. The Morgan fingerprint density at radius 3 is 2.31 bits per heavy atom. The van der Waals surface area contributed by atoms with E-state index < -0.39 is 11.7 Å². The Morgan fingerprint density at radius 2 is 1.72 bits per heavy atom. The molecule has 0 fully saturated rings. The van der Waals surface area contributed by atoms with Crippen molar-refractivity contribution in [3.05, 3.63) is 77.0 Å². The van der Waals surface area contributed by atoms with Crippen molar-refractivity contribution in [2.45, 2.75) is 26.6 Å². The zero-order chi connectivity index (χ0) is 23.7. The van der Waals surface area contributed by atoms with Crippen LogP contribution in [0.3, 0.4) is 0 Å². The number of ether oxygens (including phenoxy) is 1. The van der Waals surface area contributed by atoms with Gasteiger partial charge < -0.3 is 10.1 Å². The van der Waals surface area contributed by atoms with E-state index in [9.17, 15) is 13.2 Å². The third kappa shape index (κ3) is 6.21. The number of carbonyl (C=O) groups excluding carboxylic acids is 1. The van der Waals surface area contributed by atoms with Gasteiger partial charge in [-0.3, -0.25) is 10.2 Å². The van der Waals surface area contributed by atoms with Crippen molar-refractivity contribution in [3.63, 3.8) is 0 Å². The van der Waals surface area contributed by atoms with E-state index in [2.05, 4.69) is 16.1 Å². The SMILES string of the molecule is CNc1cccc(C)c1COc1ccc(-c2ccccc2C(F)(F)F)c(C)n1.NNC=O. The fourth-order valence-electron chi connectivity index (χ4n) is 3.14. The van der Waals surface area contributed by atoms with Crippen molar-refractivity contribution >= 4 is 12.1 Å². The van der Waals surface area contributed by atoms with Crippen LogP contribution >= 0.6 is 0 Å². The molecule has 1 aromatic heterocycles. The highest BCUT2D eigenvalue weighted by Crippen LogP contribution is 2.38. The molecule has 0 aliphatic carbocycles. The maximum absolute atomic E-state index is 13.3. The van der Waals surface area contributed by atoms with Crippen LogP contribution in [0.1, 0.15) is 22.4 Å². The number of carbonyl (C=O) groups is 1. The molecule has 0 spiro atoms. The lowest BCUT2D eigenvalue weighted by Gasteiger charge is -2.16. The fourth-order valence-corrected chi connectivity index (χ4v) is 3.14. The summed E-state index contributed by atoms with van der Waals surface area (Å²) >= 11 is 0. The fraction of sp³-hybridized carbons (Fsp3) is 0.217. The highest BCUT2D eigenvalue weighted by molar-refractivity contribution is 5.70. The Bertz CT molecular complexity index is 1060. The molecule has 2 aromatic carbocycles. The third-order valence-electron chi connectivity index (χ3n) is 4.69. The van der Waals surface area contributed by atoms with Gasteiger partial charge in [0.05, 0.1) is 5.56 Å². The molecule has 0 radical (unpaired) electrons. The summed E-state index contributed by atoms with van der Waals surface area (Å²) in [5, 5.41) is 3.13.